The van der Waals surface area contributed by atoms with E-state index in [1.54, 1.807) is 12.1 Å². The molecule has 1 heterocycles. The number of phenols is 1. The molecule has 8 heteroatoms. The van der Waals surface area contributed by atoms with Crippen LogP contribution in [-0.2, 0) is 0 Å². The minimum absolute atomic E-state index is 0.339. The number of aromatic nitrogens is 1. The summed E-state index contributed by atoms with van der Waals surface area (Å²) in [7, 11) is 0. The molecule has 0 spiro atoms. The van der Waals surface area contributed by atoms with Gasteiger partial charge in [-0.2, -0.15) is 5.10 Å². The average Bonchev–Trinajstić information content (AvgIpc) is 2.49. The number of nitro groups is 1. The maximum atomic E-state index is 11.7. The van der Waals surface area contributed by atoms with E-state index in [1.807, 2.05) is 0 Å². The summed E-state index contributed by atoms with van der Waals surface area (Å²) < 4.78 is 0. The summed E-state index contributed by atoms with van der Waals surface area (Å²) in [5.74, 6) is -0.885. The Labute approximate surface area is 118 Å². The number of rotatable bonds is 4. The number of carbonyl (C=O) groups excluding carboxylic acids is 1. The van der Waals surface area contributed by atoms with Gasteiger partial charge in [0.1, 0.15) is 0 Å². The van der Waals surface area contributed by atoms with Crippen LogP contribution >= 0.6 is 0 Å². The first-order chi connectivity index (χ1) is 10.1. The van der Waals surface area contributed by atoms with E-state index in [2.05, 4.69) is 15.5 Å². The molecule has 0 aliphatic heterocycles. The van der Waals surface area contributed by atoms with Crippen molar-refractivity contribution in [2.45, 2.75) is 0 Å². The number of aromatic hydroxyl groups is 1. The molecule has 1 aromatic heterocycles. The number of nitro benzene ring substituents is 1. The molecule has 0 fully saturated rings. The van der Waals surface area contributed by atoms with Gasteiger partial charge in [-0.15, -0.1) is 0 Å². The molecule has 0 unspecified atom stereocenters. The highest BCUT2D eigenvalue weighted by Crippen LogP contribution is 2.25. The molecule has 2 aromatic rings. The van der Waals surface area contributed by atoms with E-state index < -0.39 is 22.3 Å². The lowest BCUT2D eigenvalue weighted by Gasteiger charge is -1.99. The van der Waals surface area contributed by atoms with Gasteiger partial charge in [0.25, 0.3) is 5.91 Å². The van der Waals surface area contributed by atoms with Crippen LogP contribution < -0.4 is 5.43 Å². The van der Waals surface area contributed by atoms with Crippen LogP contribution in [0, 0.1) is 10.1 Å². The van der Waals surface area contributed by atoms with Crippen molar-refractivity contribution in [2.24, 2.45) is 5.10 Å². The fourth-order valence-corrected chi connectivity index (χ4v) is 1.49. The molecule has 0 atom stereocenters. The van der Waals surface area contributed by atoms with Crippen molar-refractivity contribution in [3.05, 3.63) is 64.0 Å². The highest BCUT2D eigenvalue weighted by Gasteiger charge is 2.12. The van der Waals surface area contributed by atoms with Gasteiger partial charge in [0.05, 0.1) is 16.7 Å². The van der Waals surface area contributed by atoms with E-state index in [1.165, 1.54) is 30.7 Å². The summed E-state index contributed by atoms with van der Waals surface area (Å²) in [6, 6.07) is 6.95. The van der Waals surface area contributed by atoms with Crippen LogP contribution in [0.1, 0.15) is 15.9 Å². The fraction of sp³-hybridized carbons (Fsp3) is 0. The molecular formula is C13H10N4O4. The van der Waals surface area contributed by atoms with Crippen molar-refractivity contribution in [1.82, 2.24) is 10.4 Å². The van der Waals surface area contributed by atoms with Crippen LogP contribution in [0.15, 0.2) is 47.8 Å². The molecule has 106 valence electrons. The molecule has 21 heavy (non-hydrogen) atoms. The SMILES string of the molecule is O=C(N/N=C/c1ccc(O)c([N+](=O)[O-])c1)c1cccnc1. The number of pyridine rings is 1. The van der Waals surface area contributed by atoms with Crippen LogP contribution in [0.2, 0.25) is 0 Å². The van der Waals surface area contributed by atoms with Gasteiger partial charge >= 0.3 is 5.69 Å². The molecule has 2 N–H and O–H groups in total. The Bertz CT molecular complexity index is 701. The third-order valence-corrected chi connectivity index (χ3v) is 2.50. The average molecular weight is 286 g/mol. The number of hydrogen-bond donors (Lipinski definition) is 2. The van der Waals surface area contributed by atoms with E-state index in [9.17, 15) is 20.0 Å². The number of phenolic OH excluding ortho intramolecular Hbond substituents is 1. The zero-order valence-electron chi connectivity index (χ0n) is 10.6. The molecule has 0 aliphatic rings. The van der Waals surface area contributed by atoms with Crippen molar-refractivity contribution in [2.75, 3.05) is 0 Å². The van der Waals surface area contributed by atoms with Gasteiger partial charge < -0.3 is 5.11 Å². The van der Waals surface area contributed by atoms with Crippen LogP contribution in [0.25, 0.3) is 0 Å². The monoisotopic (exact) mass is 286 g/mol. The number of hydrogen-bond acceptors (Lipinski definition) is 6. The molecule has 0 bridgehead atoms. The number of carbonyl (C=O) groups is 1. The van der Waals surface area contributed by atoms with E-state index in [-0.39, 0.29) is 0 Å². The zero-order valence-corrected chi connectivity index (χ0v) is 10.6. The van der Waals surface area contributed by atoms with E-state index >= 15 is 0 Å². The first-order valence-corrected chi connectivity index (χ1v) is 5.79. The Kier molecular flexibility index (Phi) is 4.20. The standard InChI is InChI=1S/C13H10N4O4/c18-12-4-3-9(6-11(12)17(20)21)7-15-16-13(19)10-2-1-5-14-8-10/h1-8,18H,(H,16,19)/b15-7+. The summed E-state index contributed by atoms with van der Waals surface area (Å²) in [6.45, 7) is 0. The Morgan fingerprint density at radius 2 is 2.24 bits per heavy atom. The molecule has 0 aliphatic carbocycles. The van der Waals surface area contributed by atoms with Crippen molar-refractivity contribution in [3.8, 4) is 5.75 Å². The predicted octanol–water partition coefficient (Wildman–Crippen LogP) is 1.46. The zero-order chi connectivity index (χ0) is 15.2. The van der Waals surface area contributed by atoms with Crippen molar-refractivity contribution in [1.29, 1.82) is 0 Å². The number of amides is 1. The van der Waals surface area contributed by atoms with Crippen LogP contribution in [0.4, 0.5) is 5.69 Å². The van der Waals surface area contributed by atoms with Crippen LogP contribution in [0.3, 0.4) is 0 Å². The van der Waals surface area contributed by atoms with E-state index in [0.29, 0.717) is 11.1 Å². The lowest BCUT2D eigenvalue weighted by atomic mass is 10.2. The summed E-state index contributed by atoms with van der Waals surface area (Å²) in [5, 5.41) is 23.7. The summed E-state index contributed by atoms with van der Waals surface area (Å²) in [4.78, 5) is 25.4. The normalized spacial score (nSPS) is 10.5. The first-order valence-electron chi connectivity index (χ1n) is 5.79. The molecule has 0 saturated carbocycles. The molecule has 0 radical (unpaired) electrons. The van der Waals surface area contributed by atoms with E-state index in [4.69, 9.17) is 0 Å². The Morgan fingerprint density at radius 3 is 2.90 bits per heavy atom. The Morgan fingerprint density at radius 1 is 1.43 bits per heavy atom. The molecule has 1 aromatic carbocycles. The molecule has 0 saturated heterocycles. The van der Waals surface area contributed by atoms with Crippen LogP contribution in [0.5, 0.6) is 5.75 Å². The van der Waals surface area contributed by atoms with Gasteiger partial charge in [0.15, 0.2) is 5.75 Å². The fourth-order valence-electron chi connectivity index (χ4n) is 1.49. The number of nitrogens with zero attached hydrogens (tertiary/aromatic N) is 3. The quantitative estimate of drug-likeness (QED) is 0.501. The Balaban J connectivity index is 2.07. The third kappa shape index (κ3) is 3.60. The summed E-state index contributed by atoms with van der Waals surface area (Å²) in [5.41, 5.74) is 2.54. The Hall–Kier alpha value is -3.29. The molecule has 2 rings (SSSR count). The highest BCUT2D eigenvalue weighted by molar-refractivity contribution is 5.94. The second kappa shape index (κ2) is 6.24. The number of benzene rings is 1. The predicted molar refractivity (Wildman–Crippen MR) is 74.1 cm³/mol. The van der Waals surface area contributed by atoms with Gasteiger partial charge in [-0.3, -0.25) is 19.9 Å². The maximum absolute atomic E-state index is 11.7. The highest BCUT2D eigenvalue weighted by atomic mass is 16.6. The summed E-state index contributed by atoms with van der Waals surface area (Å²) in [6.07, 6.45) is 4.16. The largest absolute Gasteiger partial charge is 0.502 e. The van der Waals surface area contributed by atoms with Gasteiger partial charge in [0.2, 0.25) is 0 Å². The van der Waals surface area contributed by atoms with Gasteiger partial charge in [-0.1, -0.05) is 0 Å². The molecule has 8 nitrogen and oxygen atoms in total. The number of nitrogens with one attached hydrogen (secondary N) is 1. The first kappa shape index (κ1) is 14.1. The molecule has 1 amide bonds. The molecular weight excluding hydrogens is 276 g/mol. The second-order valence-electron chi connectivity index (χ2n) is 3.95. The van der Waals surface area contributed by atoms with Crippen molar-refractivity contribution >= 4 is 17.8 Å². The lowest BCUT2D eigenvalue weighted by molar-refractivity contribution is -0.385. The van der Waals surface area contributed by atoms with Gasteiger partial charge in [-0.05, 0) is 24.3 Å². The van der Waals surface area contributed by atoms with Crippen molar-refractivity contribution in [3.63, 3.8) is 0 Å². The third-order valence-electron chi connectivity index (χ3n) is 2.50. The second-order valence-corrected chi connectivity index (χ2v) is 3.95. The van der Waals surface area contributed by atoms with Crippen LogP contribution in [-0.4, -0.2) is 27.1 Å². The minimum Gasteiger partial charge on any atom is -0.502 e. The van der Waals surface area contributed by atoms with E-state index in [0.717, 1.165) is 6.07 Å². The van der Waals surface area contributed by atoms with Gasteiger partial charge in [-0.25, -0.2) is 5.43 Å². The minimum atomic E-state index is -0.707. The lowest BCUT2D eigenvalue weighted by Crippen LogP contribution is -2.17. The topological polar surface area (TPSA) is 118 Å². The van der Waals surface area contributed by atoms with Gasteiger partial charge in [0, 0.05) is 24.0 Å². The van der Waals surface area contributed by atoms with Crippen molar-refractivity contribution < 1.29 is 14.8 Å². The maximum Gasteiger partial charge on any atom is 0.311 e. The number of hydrazone groups is 1. The summed E-state index contributed by atoms with van der Waals surface area (Å²) >= 11 is 0. The smallest absolute Gasteiger partial charge is 0.311 e.